The fourth-order valence-electron chi connectivity index (χ4n) is 8.11. The van der Waals surface area contributed by atoms with Crippen molar-refractivity contribution in [2.24, 2.45) is 0 Å². The minimum Gasteiger partial charge on any atom is -0.340 e. The van der Waals surface area contributed by atoms with Crippen LogP contribution in [0.4, 0.5) is 84.7 Å². The van der Waals surface area contributed by atoms with Gasteiger partial charge >= 0.3 is 47.9 Å². The van der Waals surface area contributed by atoms with Crippen LogP contribution in [0.25, 0.3) is 38.5 Å². The van der Waals surface area contributed by atoms with Crippen LogP contribution in [0.15, 0.2) is 107 Å². The molecule has 0 atom stereocenters. The number of rotatable bonds is 13. The topological polar surface area (TPSA) is 7.94 Å². The van der Waals surface area contributed by atoms with Crippen molar-refractivity contribution in [2.75, 3.05) is 6.54 Å². The van der Waals surface area contributed by atoms with E-state index in [-0.39, 0.29) is 40.1 Å². The molecule has 0 unspecified atom stereocenters. The van der Waals surface area contributed by atoms with E-state index in [0.29, 0.717) is 50.1 Å². The van der Waals surface area contributed by atoms with Gasteiger partial charge in [0.25, 0.3) is 0 Å². The van der Waals surface area contributed by atoms with E-state index in [1.54, 1.807) is 36.4 Å². The summed E-state index contributed by atoms with van der Waals surface area (Å²) in [4.78, 5) is 0. The van der Waals surface area contributed by atoms with Gasteiger partial charge in [-0.1, -0.05) is 78.4 Å². The van der Waals surface area contributed by atoms with Crippen LogP contribution in [0.2, 0.25) is 0 Å². The Balaban J connectivity index is 1.26. The molecule has 0 amide bonds. The Kier molecular flexibility index (Phi) is 11.8. The number of halogens is 19. The molecule has 21 heteroatoms. The average molecular weight is 964 g/mol. The molecule has 0 bridgehead atoms. The summed E-state index contributed by atoms with van der Waals surface area (Å²) in [5.41, 5.74) is 1.52. The highest BCUT2D eigenvalue weighted by molar-refractivity contribution is 6.32. The Bertz CT molecular complexity index is 2850. The van der Waals surface area contributed by atoms with Gasteiger partial charge in [-0.25, -0.2) is 0 Å². The fraction of sp³-hybridized carbons (Fsp3) is 0.341. The first-order valence-electron chi connectivity index (χ1n) is 19.3. The highest BCUT2D eigenvalue weighted by atomic mass is 35.5. The molecule has 4 aromatic carbocycles. The first kappa shape index (κ1) is 47.8. The minimum atomic E-state index is -7.07. The van der Waals surface area contributed by atoms with Crippen LogP contribution >= 0.6 is 11.6 Å². The largest absolute Gasteiger partial charge is 0.460 e. The third-order valence-corrected chi connectivity index (χ3v) is 12.0. The zero-order valence-electron chi connectivity index (χ0n) is 32.8. The van der Waals surface area contributed by atoms with Crippen molar-refractivity contribution in [2.45, 2.75) is 86.5 Å². The van der Waals surface area contributed by atoms with Crippen LogP contribution in [0.1, 0.15) is 37.7 Å². The summed E-state index contributed by atoms with van der Waals surface area (Å²) in [6.07, 6.45) is -11.7. The maximum atomic E-state index is 14.8. The van der Waals surface area contributed by atoms with E-state index in [4.69, 9.17) is 11.6 Å². The molecule has 0 spiro atoms. The third kappa shape index (κ3) is 7.73. The van der Waals surface area contributed by atoms with Gasteiger partial charge in [-0.15, -0.1) is 0 Å². The second-order valence-corrected chi connectivity index (χ2v) is 15.9. The molecule has 2 aliphatic rings. The van der Waals surface area contributed by atoms with E-state index >= 15 is 0 Å². The van der Waals surface area contributed by atoms with Crippen LogP contribution in [0, 0.1) is 0 Å². The molecule has 0 N–H and O–H groups in total. The smallest absolute Gasteiger partial charge is 0.340 e. The van der Waals surface area contributed by atoms with Gasteiger partial charge in [-0.3, -0.25) is 0 Å². The van der Waals surface area contributed by atoms with Crippen molar-refractivity contribution in [3.05, 3.63) is 118 Å². The summed E-state index contributed by atoms with van der Waals surface area (Å²) < 4.78 is 251. The summed E-state index contributed by atoms with van der Waals surface area (Å²) in [5.74, 6) is -39.5. The van der Waals surface area contributed by atoms with Gasteiger partial charge in [-0.2, -0.15) is 83.6 Å². The van der Waals surface area contributed by atoms with Crippen molar-refractivity contribution in [3.63, 3.8) is 0 Å². The van der Waals surface area contributed by atoms with Crippen molar-refractivity contribution in [1.29, 1.82) is 0 Å². The van der Waals surface area contributed by atoms with E-state index in [2.05, 4.69) is 0 Å². The number of nitrogens with zero attached hydrogens (tertiary/aromatic N) is 2. The number of allylic oxidation sites excluding steroid dienone is 6. The number of aromatic nitrogens is 1. The number of alkyl halides is 18. The van der Waals surface area contributed by atoms with Gasteiger partial charge < -0.3 is 4.57 Å². The third-order valence-electron chi connectivity index (χ3n) is 11.5. The number of hydrogen-bond acceptors (Lipinski definition) is 0. The molecule has 348 valence electrons. The maximum Gasteiger partial charge on any atom is 0.460 e. The summed E-state index contributed by atoms with van der Waals surface area (Å²) in [5, 5.41) is 2.44. The Morgan fingerprint density at radius 1 is 0.569 bits per heavy atom. The second-order valence-electron chi connectivity index (χ2n) is 15.5. The zero-order chi connectivity index (χ0) is 47.9. The van der Waals surface area contributed by atoms with Crippen LogP contribution in [0.5, 0.6) is 0 Å². The Morgan fingerprint density at radius 2 is 1.11 bits per heavy atom. The lowest BCUT2D eigenvalue weighted by molar-refractivity contribution is -0.452. The predicted molar refractivity (Wildman–Crippen MR) is 207 cm³/mol. The lowest BCUT2D eigenvalue weighted by atomic mass is 9.93. The fourth-order valence-corrected chi connectivity index (χ4v) is 8.43. The lowest BCUT2D eigenvalue weighted by Gasteiger charge is -2.33. The van der Waals surface area contributed by atoms with Gasteiger partial charge in [-0.05, 0) is 59.4 Å². The average Bonchev–Trinajstić information content (AvgIpc) is 3.70. The highest BCUT2D eigenvalue weighted by Crippen LogP contribution is 2.56. The summed E-state index contributed by atoms with van der Waals surface area (Å²) in [7, 11) is 0. The van der Waals surface area contributed by atoms with Gasteiger partial charge in [0.05, 0.1) is 17.4 Å². The predicted octanol–water partition coefficient (Wildman–Crippen LogP) is 14.5. The second kappa shape index (κ2) is 16.0. The van der Waals surface area contributed by atoms with Crippen LogP contribution in [-0.2, 0) is 6.54 Å². The summed E-state index contributed by atoms with van der Waals surface area (Å²) >= 11 is 6.84. The standard InChI is InChI=1S/C44H30ClF18N2/c45-36-26(16-18-30-28-12-2-6-24-8-4-14-32(34(24)28)64(30)22-20-37(46,47)39(50,51)41(54,55)43(58,59)60)10-1-11-27(36)17-19-31-29-13-3-7-25-9-5-15-33(35(25)29)65(31)23-21-38(48,49)40(52,53)42(56,57)44(61,62)63/h2-9,12-19H,1,10-11,20-23H2/q+1. The molecule has 1 aliphatic heterocycles. The van der Waals surface area contributed by atoms with Crippen molar-refractivity contribution < 1.29 is 83.6 Å². The summed E-state index contributed by atoms with van der Waals surface area (Å²) in [6.45, 7) is -2.31. The number of benzene rings is 4. The van der Waals surface area contributed by atoms with Crippen LogP contribution in [0.3, 0.4) is 0 Å². The van der Waals surface area contributed by atoms with E-state index in [0.717, 1.165) is 9.14 Å². The first-order valence-corrected chi connectivity index (χ1v) is 19.7. The van der Waals surface area contributed by atoms with Crippen molar-refractivity contribution >= 4 is 61.5 Å². The SMILES string of the molecule is FC(F)(F)C(F)(F)C(F)(F)C(F)(F)CCn1/c(=C/C=C2\CCCC(/C=C/C3=[N+](CCC(F)(F)C(F)(F)C(F)(F)C(F)(F)F)c4cccc5cccc3c45)=C2Cl)c2cccc3cccc1c32. The van der Waals surface area contributed by atoms with Gasteiger partial charge in [0.1, 0.15) is 0 Å². The molecule has 65 heavy (non-hydrogen) atoms. The quantitative estimate of drug-likeness (QED) is 0.0821. The Morgan fingerprint density at radius 3 is 1.71 bits per heavy atom. The molecular weight excluding hydrogens is 934 g/mol. The van der Waals surface area contributed by atoms with E-state index < -0.39 is 73.8 Å². The highest BCUT2D eigenvalue weighted by Gasteiger charge is 2.82. The Labute approximate surface area is 360 Å². The molecule has 5 aromatic rings. The molecule has 0 saturated heterocycles. The summed E-state index contributed by atoms with van der Waals surface area (Å²) in [6, 6.07) is 18.5. The van der Waals surface area contributed by atoms with Crippen molar-refractivity contribution in [1.82, 2.24) is 4.57 Å². The van der Waals surface area contributed by atoms with E-state index in [1.807, 2.05) is 0 Å². The molecule has 0 radical (unpaired) electrons. The molecule has 2 heterocycles. The first-order chi connectivity index (χ1) is 30.0. The molecule has 0 fully saturated rings. The molecule has 1 aliphatic carbocycles. The number of hydrogen-bond donors (Lipinski definition) is 0. The molecular formula is C44H30ClF18N2+. The zero-order valence-corrected chi connectivity index (χ0v) is 33.5. The van der Waals surface area contributed by atoms with Crippen LogP contribution < -0.4 is 5.35 Å². The monoisotopic (exact) mass is 963 g/mol. The lowest BCUT2D eigenvalue weighted by Crippen LogP contribution is -2.61. The van der Waals surface area contributed by atoms with E-state index in [9.17, 15) is 79.0 Å². The van der Waals surface area contributed by atoms with Gasteiger partial charge in [0.2, 0.25) is 11.4 Å². The Hall–Kier alpha value is -5.14. The molecule has 0 saturated carbocycles. The maximum absolute atomic E-state index is 14.8. The molecule has 1 aromatic heterocycles. The number of aryl methyl sites for hydroxylation is 1. The molecule has 7 rings (SSSR count). The van der Waals surface area contributed by atoms with Crippen molar-refractivity contribution in [3.8, 4) is 0 Å². The molecule has 2 nitrogen and oxygen atoms in total. The normalized spacial score (nSPS) is 17.5. The van der Waals surface area contributed by atoms with Crippen LogP contribution in [-0.4, -0.2) is 69.3 Å². The van der Waals surface area contributed by atoms with Gasteiger partial charge in [0, 0.05) is 51.8 Å². The minimum absolute atomic E-state index is 0.0662. The van der Waals surface area contributed by atoms with Gasteiger partial charge in [0.15, 0.2) is 6.54 Å². The van der Waals surface area contributed by atoms with E-state index in [1.165, 1.54) is 60.7 Å².